The zero-order valence-electron chi connectivity index (χ0n) is 14.0. The fourth-order valence-electron chi connectivity index (χ4n) is 2.98. The largest absolute Gasteiger partial charge is 0.322 e. The van der Waals surface area contributed by atoms with Crippen LogP contribution in [0.25, 0.3) is 0 Å². The summed E-state index contributed by atoms with van der Waals surface area (Å²) in [5, 5.41) is 3.54. The Morgan fingerprint density at radius 3 is 2.33 bits per heavy atom. The lowest BCUT2D eigenvalue weighted by molar-refractivity contribution is 0.102. The number of anilines is 1. The van der Waals surface area contributed by atoms with Crippen LogP contribution < -0.4 is 5.32 Å². The number of carbonyl (C=O) groups is 1. The molecule has 1 aliphatic heterocycles. The van der Waals surface area contributed by atoms with Crippen LogP contribution in [0, 0.1) is 5.92 Å². The third-order valence-electron chi connectivity index (χ3n) is 4.60. The van der Waals surface area contributed by atoms with Gasteiger partial charge in [-0.15, -0.1) is 0 Å². The fourth-order valence-corrected chi connectivity index (χ4v) is 3.10. The van der Waals surface area contributed by atoms with Crippen molar-refractivity contribution in [3.8, 4) is 0 Å². The summed E-state index contributed by atoms with van der Waals surface area (Å²) in [4.78, 5) is 14.8. The summed E-state index contributed by atoms with van der Waals surface area (Å²) in [7, 11) is 0. The third-order valence-corrected chi connectivity index (χ3v) is 4.85. The van der Waals surface area contributed by atoms with Crippen LogP contribution in [0.2, 0.25) is 5.02 Å². The molecule has 0 bridgehead atoms. The summed E-state index contributed by atoms with van der Waals surface area (Å²) in [5.74, 6) is 0.746. The van der Waals surface area contributed by atoms with Crippen molar-refractivity contribution in [1.82, 2.24) is 4.90 Å². The maximum atomic E-state index is 12.3. The summed E-state index contributed by atoms with van der Waals surface area (Å²) in [6.45, 7) is 5.62. The molecule has 0 unspecified atom stereocenters. The minimum absolute atomic E-state index is 0.101. The highest BCUT2D eigenvalue weighted by atomic mass is 35.5. The lowest BCUT2D eigenvalue weighted by atomic mass is 9.99. The van der Waals surface area contributed by atoms with E-state index in [4.69, 9.17) is 11.6 Å². The van der Waals surface area contributed by atoms with Crippen molar-refractivity contribution in [1.29, 1.82) is 0 Å². The first kappa shape index (κ1) is 17.0. The van der Waals surface area contributed by atoms with Crippen LogP contribution in [-0.2, 0) is 6.54 Å². The van der Waals surface area contributed by atoms with Gasteiger partial charge in [0, 0.05) is 22.8 Å². The number of hydrogen-bond acceptors (Lipinski definition) is 2. The van der Waals surface area contributed by atoms with E-state index in [2.05, 4.69) is 29.3 Å². The van der Waals surface area contributed by atoms with Gasteiger partial charge in [0.25, 0.3) is 5.91 Å². The van der Waals surface area contributed by atoms with Crippen LogP contribution in [-0.4, -0.2) is 23.9 Å². The number of carbonyl (C=O) groups excluding carboxylic acids is 1. The average Bonchev–Trinajstić information content (AvgIpc) is 2.59. The molecule has 1 N–H and O–H groups in total. The predicted octanol–water partition coefficient (Wildman–Crippen LogP) is 4.82. The van der Waals surface area contributed by atoms with E-state index in [1.54, 1.807) is 24.3 Å². The third kappa shape index (κ3) is 4.59. The van der Waals surface area contributed by atoms with Gasteiger partial charge in [0.1, 0.15) is 0 Å². The second-order valence-corrected chi connectivity index (χ2v) is 7.05. The lowest BCUT2D eigenvalue weighted by Gasteiger charge is -2.30. The molecule has 3 rings (SSSR count). The smallest absolute Gasteiger partial charge is 0.255 e. The molecule has 2 aromatic rings. The molecule has 2 aromatic carbocycles. The van der Waals surface area contributed by atoms with Gasteiger partial charge in [0.15, 0.2) is 0 Å². The van der Waals surface area contributed by atoms with Gasteiger partial charge >= 0.3 is 0 Å². The van der Waals surface area contributed by atoms with Crippen molar-refractivity contribution in [3.05, 3.63) is 64.7 Å². The number of nitrogens with zero attached hydrogens (tertiary/aromatic N) is 1. The van der Waals surface area contributed by atoms with E-state index in [0.29, 0.717) is 10.6 Å². The molecule has 0 radical (unpaired) electrons. The molecule has 1 amide bonds. The van der Waals surface area contributed by atoms with Crippen molar-refractivity contribution >= 4 is 23.2 Å². The van der Waals surface area contributed by atoms with Crippen molar-refractivity contribution in [2.24, 2.45) is 5.92 Å². The highest BCUT2D eigenvalue weighted by Crippen LogP contribution is 2.19. The van der Waals surface area contributed by atoms with Gasteiger partial charge in [-0.1, -0.05) is 30.7 Å². The molecular formula is C20H23ClN2O. The molecule has 0 saturated carbocycles. The SMILES string of the molecule is CC1CCN(Cc2ccc(C(=O)Nc3ccc(Cl)cc3)cc2)CC1. The molecule has 126 valence electrons. The molecule has 1 heterocycles. The molecule has 0 aromatic heterocycles. The van der Waals surface area contributed by atoms with Gasteiger partial charge < -0.3 is 5.32 Å². The zero-order chi connectivity index (χ0) is 16.9. The molecule has 4 heteroatoms. The maximum Gasteiger partial charge on any atom is 0.255 e. The van der Waals surface area contributed by atoms with Gasteiger partial charge in [-0.05, 0) is 73.8 Å². The summed E-state index contributed by atoms with van der Waals surface area (Å²) in [5.41, 5.74) is 2.67. The van der Waals surface area contributed by atoms with Crippen molar-refractivity contribution in [2.75, 3.05) is 18.4 Å². The summed E-state index contributed by atoms with van der Waals surface area (Å²) in [6.07, 6.45) is 2.56. The molecule has 3 nitrogen and oxygen atoms in total. The number of amides is 1. The lowest BCUT2D eigenvalue weighted by Crippen LogP contribution is -2.32. The first-order chi connectivity index (χ1) is 11.6. The van der Waals surface area contributed by atoms with E-state index in [0.717, 1.165) is 18.2 Å². The summed E-state index contributed by atoms with van der Waals surface area (Å²) in [6, 6.07) is 15.0. The molecule has 1 saturated heterocycles. The van der Waals surface area contributed by atoms with Crippen LogP contribution in [0.4, 0.5) is 5.69 Å². The molecule has 0 atom stereocenters. The highest BCUT2D eigenvalue weighted by Gasteiger charge is 2.15. The van der Waals surface area contributed by atoms with E-state index in [1.807, 2.05) is 12.1 Å². The van der Waals surface area contributed by atoms with E-state index in [1.165, 1.54) is 31.5 Å². The van der Waals surface area contributed by atoms with Crippen LogP contribution in [0.1, 0.15) is 35.7 Å². The van der Waals surface area contributed by atoms with Crippen LogP contribution in [0.5, 0.6) is 0 Å². The van der Waals surface area contributed by atoms with Gasteiger partial charge in [-0.3, -0.25) is 9.69 Å². The number of hydrogen-bond donors (Lipinski definition) is 1. The first-order valence-electron chi connectivity index (χ1n) is 8.48. The van der Waals surface area contributed by atoms with E-state index < -0.39 is 0 Å². The zero-order valence-corrected chi connectivity index (χ0v) is 14.7. The second kappa shape index (κ2) is 7.82. The topological polar surface area (TPSA) is 32.3 Å². The van der Waals surface area contributed by atoms with E-state index in [-0.39, 0.29) is 5.91 Å². The highest BCUT2D eigenvalue weighted by molar-refractivity contribution is 6.30. The molecule has 0 spiro atoms. The molecule has 24 heavy (non-hydrogen) atoms. The standard InChI is InChI=1S/C20H23ClN2O/c1-15-10-12-23(13-11-15)14-16-2-4-17(5-3-16)20(24)22-19-8-6-18(21)7-9-19/h2-9,15H,10-14H2,1H3,(H,22,24). The summed E-state index contributed by atoms with van der Waals surface area (Å²) >= 11 is 5.85. The van der Waals surface area contributed by atoms with Gasteiger partial charge in [0.05, 0.1) is 0 Å². The first-order valence-corrected chi connectivity index (χ1v) is 8.86. The number of rotatable bonds is 4. The van der Waals surface area contributed by atoms with Gasteiger partial charge in [-0.2, -0.15) is 0 Å². The van der Waals surface area contributed by atoms with Crippen molar-refractivity contribution in [3.63, 3.8) is 0 Å². The Hall–Kier alpha value is -1.84. The number of piperidine rings is 1. The Labute approximate surface area is 148 Å². The minimum Gasteiger partial charge on any atom is -0.322 e. The summed E-state index contributed by atoms with van der Waals surface area (Å²) < 4.78 is 0. The quantitative estimate of drug-likeness (QED) is 0.863. The Balaban J connectivity index is 1.57. The number of likely N-dealkylation sites (tertiary alicyclic amines) is 1. The fraction of sp³-hybridized carbons (Fsp3) is 0.350. The van der Waals surface area contributed by atoms with Gasteiger partial charge in [0.2, 0.25) is 0 Å². The second-order valence-electron chi connectivity index (χ2n) is 6.62. The van der Waals surface area contributed by atoms with Gasteiger partial charge in [-0.25, -0.2) is 0 Å². The monoisotopic (exact) mass is 342 g/mol. The number of nitrogens with one attached hydrogen (secondary N) is 1. The molecular weight excluding hydrogens is 320 g/mol. The van der Waals surface area contributed by atoms with E-state index in [9.17, 15) is 4.79 Å². The molecule has 0 aliphatic carbocycles. The normalized spacial score (nSPS) is 16.1. The predicted molar refractivity (Wildman–Crippen MR) is 99.5 cm³/mol. The van der Waals surface area contributed by atoms with Crippen LogP contribution >= 0.6 is 11.6 Å². The Bertz CT molecular complexity index is 674. The Kier molecular flexibility index (Phi) is 5.54. The number of halogens is 1. The molecule has 1 fully saturated rings. The maximum absolute atomic E-state index is 12.3. The average molecular weight is 343 g/mol. The Morgan fingerprint density at radius 2 is 1.71 bits per heavy atom. The minimum atomic E-state index is -0.101. The van der Waals surface area contributed by atoms with Crippen LogP contribution in [0.3, 0.4) is 0 Å². The van der Waals surface area contributed by atoms with Crippen LogP contribution in [0.15, 0.2) is 48.5 Å². The molecule has 1 aliphatic rings. The Morgan fingerprint density at radius 1 is 1.08 bits per heavy atom. The van der Waals surface area contributed by atoms with Crippen molar-refractivity contribution < 1.29 is 4.79 Å². The van der Waals surface area contributed by atoms with Crippen molar-refractivity contribution in [2.45, 2.75) is 26.3 Å². The van der Waals surface area contributed by atoms with E-state index >= 15 is 0 Å². The number of benzene rings is 2.